The fourth-order valence-corrected chi connectivity index (χ4v) is 5.94. The molecule has 5 atom stereocenters. The average Bonchev–Trinajstić information content (AvgIpc) is 3.07. The number of Topliss-reactive ketones (excluding diaryl/α,β-unsaturated/α-hetero) is 1. The van der Waals surface area contributed by atoms with Crippen LogP contribution in [0.25, 0.3) is 0 Å². The number of hydrogen-bond acceptors (Lipinski definition) is 6. The van der Waals surface area contributed by atoms with E-state index in [1.807, 2.05) is 47.7 Å². The molecule has 2 fully saturated rings. The smallest absolute Gasteiger partial charge is 0.315 e. The summed E-state index contributed by atoms with van der Waals surface area (Å²) in [5.74, 6) is -0.00396. The van der Waals surface area contributed by atoms with Gasteiger partial charge in [0.2, 0.25) is 6.73 Å². The Morgan fingerprint density at radius 2 is 2.00 bits per heavy atom. The maximum Gasteiger partial charge on any atom is 0.315 e. The fourth-order valence-electron chi connectivity index (χ4n) is 5.94. The van der Waals surface area contributed by atoms with Crippen molar-refractivity contribution < 1.29 is 33.8 Å². The first-order chi connectivity index (χ1) is 14.3. The van der Waals surface area contributed by atoms with E-state index in [9.17, 15) is 19.8 Å². The number of piperidine rings is 1. The number of benzene rings is 1. The minimum atomic E-state index is -1.25. The Hall–Kier alpha value is -2.12. The van der Waals surface area contributed by atoms with Crippen molar-refractivity contribution >= 4 is 11.8 Å². The standard InChI is InChI=1S/C24H33NO6/c1-14-7-8-16(26)19-18(14)23-11-12-25(6,13-30-21(28)22(3,4)5)15(2)24(23,29)10-9-17(27)20(23)31-19/h7-8,15,20,29H,9-13H2,1-6H3/p+1/t15?,20-,23-,24+,25-/m0/s1. The molecule has 2 aliphatic heterocycles. The van der Waals surface area contributed by atoms with Crippen LogP contribution < -0.4 is 4.74 Å². The van der Waals surface area contributed by atoms with E-state index in [1.165, 1.54) is 0 Å². The van der Waals surface area contributed by atoms with Gasteiger partial charge in [0.25, 0.3) is 0 Å². The summed E-state index contributed by atoms with van der Waals surface area (Å²) in [4.78, 5) is 25.4. The summed E-state index contributed by atoms with van der Waals surface area (Å²) in [6, 6.07) is 3.07. The molecule has 1 saturated heterocycles. The fraction of sp³-hybridized carbons (Fsp3) is 0.667. The monoisotopic (exact) mass is 432 g/mol. The van der Waals surface area contributed by atoms with Gasteiger partial charge in [0.1, 0.15) is 11.6 Å². The molecule has 0 aromatic heterocycles. The summed E-state index contributed by atoms with van der Waals surface area (Å²) in [6.45, 7) is 10.1. The number of aryl methyl sites for hydroxylation is 1. The second kappa shape index (κ2) is 6.69. The SMILES string of the molecule is Cc1ccc(O)c2c1[C@]13CC[N@@+](C)(COC(=O)C(C)(C)C)C(C)[C@]1(O)CCC(=O)[C@@H]3O2. The van der Waals surface area contributed by atoms with Gasteiger partial charge in [-0.3, -0.25) is 14.1 Å². The van der Waals surface area contributed by atoms with E-state index in [0.29, 0.717) is 29.6 Å². The summed E-state index contributed by atoms with van der Waals surface area (Å²) in [5, 5.41) is 22.8. The van der Waals surface area contributed by atoms with Gasteiger partial charge in [-0.05, 0) is 52.7 Å². The molecule has 2 N–H and O–H groups in total. The topological polar surface area (TPSA) is 93.1 Å². The summed E-state index contributed by atoms with van der Waals surface area (Å²) in [5.41, 5.74) is -1.14. The number of quaternary nitrogens is 1. The molecule has 4 rings (SSSR count). The maximum atomic E-state index is 13.0. The quantitative estimate of drug-likeness (QED) is 0.551. The molecule has 31 heavy (non-hydrogen) atoms. The van der Waals surface area contributed by atoms with Crippen molar-refractivity contribution in [2.24, 2.45) is 5.41 Å². The van der Waals surface area contributed by atoms with Crippen LogP contribution >= 0.6 is 0 Å². The number of carbonyl (C=O) groups excluding carboxylic acids is 2. The van der Waals surface area contributed by atoms with E-state index in [1.54, 1.807) is 6.07 Å². The minimum absolute atomic E-state index is 0.00545. The zero-order chi connectivity index (χ0) is 23.0. The van der Waals surface area contributed by atoms with Gasteiger partial charge in [-0.15, -0.1) is 0 Å². The number of likely N-dealkylation sites (tertiary alicyclic amines) is 1. The van der Waals surface area contributed by atoms with Crippen LogP contribution in [-0.2, 0) is 19.7 Å². The second-order valence-corrected chi connectivity index (χ2v) is 10.9. The predicted molar refractivity (Wildman–Crippen MR) is 114 cm³/mol. The first kappa shape index (κ1) is 22.1. The highest BCUT2D eigenvalue weighted by Crippen LogP contribution is 2.62. The Kier molecular flexibility index (Phi) is 4.77. The molecule has 1 aromatic carbocycles. The molecule has 3 aliphatic rings. The molecule has 1 aromatic rings. The normalized spacial score (nSPS) is 36.8. The highest BCUT2D eigenvalue weighted by Gasteiger charge is 2.73. The van der Waals surface area contributed by atoms with E-state index in [-0.39, 0.29) is 36.7 Å². The molecular formula is C24H34NO6+. The second-order valence-electron chi connectivity index (χ2n) is 10.9. The van der Waals surface area contributed by atoms with E-state index in [4.69, 9.17) is 9.47 Å². The molecule has 2 heterocycles. The Morgan fingerprint density at radius 1 is 1.32 bits per heavy atom. The molecule has 7 heteroatoms. The molecule has 1 unspecified atom stereocenters. The number of nitrogens with zero attached hydrogens (tertiary/aromatic N) is 1. The number of ether oxygens (including phenoxy) is 2. The van der Waals surface area contributed by atoms with Crippen molar-refractivity contribution in [2.75, 3.05) is 20.3 Å². The number of rotatable bonds is 2. The Balaban J connectivity index is 1.77. The highest BCUT2D eigenvalue weighted by molar-refractivity contribution is 5.89. The number of carbonyl (C=O) groups is 2. The molecule has 1 saturated carbocycles. The summed E-state index contributed by atoms with van der Waals surface area (Å²) in [7, 11) is 1.99. The van der Waals surface area contributed by atoms with Crippen molar-refractivity contribution in [2.45, 2.75) is 77.0 Å². The van der Waals surface area contributed by atoms with E-state index < -0.39 is 22.5 Å². The predicted octanol–water partition coefficient (Wildman–Crippen LogP) is 2.58. The van der Waals surface area contributed by atoms with Crippen LogP contribution in [0.5, 0.6) is 11.5 Å². The van der Waals surface area contributed by atoms with E-state index in [2.05, 4.69) is 0 Å². The molecule has 0 amide bonds. The first-order valence-corrected chi connectivity index (χ1v) is 11.0. The molecule has 0 bridgehead atoms. The third-order valence-electron chi connectivity index (χ3n) is 8.04. The third-order valence-corrected chi connectivity index (χ3v) is 8.04. The number of fused-ring (bicyclic) bond motifs is 1. The van der Waals surface area contributed by atoms with Crippen LogP contribution in [0, 0.1) is 12.3 Å². The van der Waals surface area contributed by atoms with Gasteiger partial charge in [-0.2, -0.15) is 0 Å². The molecule has 170 valence electrons. The summed E-state index contributed by atoms with van der Waals surface area (Å²) < 4.78 is 12.1. The van der Waals surface area contributed by atoms with Gasteiger partial charge in [0.15, 0.2) is 23.4 Å². The number of ketones is 1. The van der Waals surface area contributed by atoms with Crippen molar-refractivity contribution in [3.8, 4) is 11.5 Å². The lowest BCUT2D eigenvalue weighted by Gasteiger charge is -2.60. The zero-order valence-electron chi connectivity index (χ0n) is 19.3. The lowest BCUT2D eigenvalue weighted by Crippen LogP contribution is -2.78. The lowest BCUT2D eigenvalue weighted by atomic mass is 9.52. The largest absolute Gasteiger partial charge is 0.504 e. The number of phenolic OH excluding ortho intramolecular Hbond substituents is 1. The number of likely N-dealkylation sites (N-methyl/N-ethyl adjacent to an activating group) is 1. The van der Waals surface area contributed by atoms with Crippen molar-refractivity contribution in [1.29, 1.82) is 0 Å². The van der Waals surface area contributed by atoms with Crippen LogP contribution in [-0.4, -0.2) is 64.5 Å². The van der Waals surface area contributed by atoms with Gasteiger partial charge in [0, 0.05) is 18.4 Å². The van der Waals surface area contributed by atoms with Crippen LogP contribution in [0.4, 0.5) is 0 Å². The van der Waals surface area contributed by atoms with E-state index >= 15 is 0 Å². The molecule has 1 spiro atoms. The van der Waals surface area contributed by atoms with Crippen LogP contribution in [0.3, 0.4) is 0 Å². The Morgan fingerprint density at radius 3 is 2.65 bits per heavy atom. The van der Waals surface area contributed by atoms with Gasteiger partial charge in [-0.25, -0.2) is 0 Å². The third kappa shape index (κ3) is 2.85. The number of esters is 1. The van der Waals surface area contributed by atoms with Crippen LogP contribution in [0.2, 0.25) is 0 Å². The average molecular weight is 433 g/mol. The number of aromatic hydroxyl groups is 1. The highest BCUT2D eigenvalue weighted by atomic mass is 16.6. The van der Waals surface area contributed by atoms with Gasteiger partial charge >= 0.3 is 5.97 Å². The maximum absolute atomic E-state index is 13.0. The zero-order valence-corrected chi connectivity index (χ0v) is 19.3. The Bertz CT molecular complexity index is 952. The van der Waals surface area contributed by atoms with Crippen LogP contribution in [0.1, 0.15) is 58.1 Å². The first-order valence-electron chi connectivity index (χ1n) is 11.0. The van der Waals surface area contributed by atoms with Gasteiger partial charge < -0.3 is 19.7 Å². The molecule has 7 nitrogen and oxygen atoms in total. The molecule has 0 radical (unpaired) electrons. The molecule has 1 aliphatic carbocycles. The number of phenols is 1. The summed E-state index contributed by atoms with van der Waals surface area (Å²) >= 11 is 0. The van der Waals surface area contributed by atoms with Gasteiger partial charge in [0.05, 0.1) is 24.4 Å². The Labute approximate surface area is 183 Å². The van der Waals surface area contributed by atoms with Crippen molar-refractivity contribution in [3.05, 3.63) is 23.3 Å². The van der Waals surface area contributed by atoms with Crippen LogP contribution in [0.15, 0.2) is 12.1 Å². The van der Waals surface area contributed by atoms with Crippen molar-refractivity contribution in [1.82, 2.24) is 0 Å². The minimum Gasteiger partial charge on any atom is -0.504 e. The lowest BCUT2D eigenvalue weighted by molar-refractivity contribution is -0.961. The number of aliphatic hydroxyl groups is 1. The summed E-state index contributed by atoms with van der Waals surface area (Å²) in [6.07, 6.45) is 0.192. The van der Waals surface area contributed by atoms with Crippen molar-refractivity contribution in [3.63, 3.8) is 0 Å². The molecular weight excluding hydrogens is 398 g/mol. The van der Waals surface area contributed by atoms with Gasteiger partial charge in [-0.1, -0.05) is 6.07 Å². The van der Waals surface area contributed by atoms with E-state index in [0.717, 1.165) is 11.1 Å². The number of hydrogen-bond donors (Lipinski definition) is 2.